The number of benzene rings is 2. The average Bonchev–Trinajstić information content (AvgIpc) is 3.59. The van der Waals surface area contributed by atoms with E-state index in [1.165, 1.54) is 6.42 Å². The number of aromatic nitrogens is 2. The number of carbonyl (C=O) groups is 3. The van der Waals surface area contributed by atoms with Crippen LogP contribution >= 0.6 is 0 Å². The predicted octanol–water partition coefficient (Wildman–Crippen LogP) is 4.04. The summed E-state index contributed by atoms with van der Waals surface area (Å²) in [5.74, 6) is 0.557. The molecule has 4 heterocycles. The molecule has 2 saturated heterocycles. The number of nitro benzene ring substituents is 1. The summed E-state index contributed by atoms with van der Waals surface area (Å²) in [6.07, 6.45) is 8.06. The molecule has 4 aliphatic rings. The van der Waals surface area contributed by atoms with E-state index >= 15 is 0 Å². The largest absolute Gasteiger partial charge is 0.372 e. The highest BCUT2D eigenvalue weighted by atomic mass is 16.6. The molecule has 3 aromatic rings. The summed E-state index contributed by atoms with van der Waals surface area (Å²) in [7, 11) is 7.51. The minimum Gasteiger partial charge on any atom is -0.372 e. The highest BCUT2D eigenvalue weighted by Gasteiger charge is 2.37. The Bertz CT molecular complexity index is 1970. The van der Waals surface area contributed by atoms with Gasteiger partial charge in [0.05, 0.1) is 16.0 Å². The van der Waals surface area contributed by atoms with Crippen LogP contribution in [0.3, 0.4) is 0 Å². The third kappa shape index (κ3) is 7.35. The maximum absolute atomic E-state index is 13.4. The molecule has 0 radical (unpaired) electrons. The van der Waals surface area contributed by atoms with Gasteiger partial charge in [0.25, 0.3) is 11.6 Å². The Morgan fingerprint density at radius 3 is 2.36 bits per heavy atom. The monoisotopic (exact) mass is 728 g/mol. The number of hydrogen-bond donors (Lipinski definition) is 1. The molecule has 284 valence electrons. The van der Waals surface area contributed by atoms with Crippen molar-refractivity contribution in [1.82, 2.24) is 29.2 Å². The van der Waals surface area contributed by atoms with Crippen LogP contribution in [-0.4, -0.2) is 99.8 Å². The van der Waals surface area contributed by atoms with Crippen LogP contribution in [0.5, 0.6) is 0 Å². The topological polar surface area (TPSA) is 146 Å². The molecule has 1 unspecified atom stereocenters. The molecule has 3 fully saturated rings. The molecule has 2 aromatic carbocycles. The van der Waals surface area contributed by atoms with Crippen LogP contribution in [-0.2, 0) is 29.7 Å². The zero-order chi connectivity index (χ0) is 37.6. The van der Waals surface area contributed by atoms with Crippen LogP contribution in [0, 0.1) is 22.0 Å². The number of aryl methyl sites for hydroxylation is 1. The average molecular weight is 729 g/mol. The molecule has 14 heteroatoms. The molecule has 3 amide bonds. The predicted molar refractivity (Wildman–Crippen MR) is 202 cm³/mol. The van der Waals surface area contributed by atoms with Crippen molar-refractivity contribution in [3.8, 4) is 0 Å². The van der Waals surface area contributed by atoms with Gasteiger partial charge < -0.3 is 14.7 Å². The van der Waals surface area contributed by atoms with Crippen molar-refractivity contribution >= 4 is 40.1 Å². The van der Waals surface area contributed by atoms with E-state index in [0.29, 0.717) is 36.1 Å². The fraction of sp³-hybridized carbons (Fsp3) is 0.590. The Hall–Kier alpha value is -4.56. The lowest BCUT2D eigenvalue weighted by atomic mass is 9.85. The first-order valence-corrected chi connectivity index (χ1v) is 19.1. The first kappa shape index (κ1) is 36.8. The molecule has 1 N–H and O–H groups in total. The van der Waals surface area contributed by atoms with Crippen molar-refractivity contribution in [2.24, 2.45) is 18.9 Å². The number of nitrogens with one attached hydrogen (secondary N) is 1. The van der Waals surface area contributed by atoms with Crippen molar-refractivity contribution in [2.75, 3.05) is 52.2 Å². The van der Waals surface area contributed by atoms with Gasteiger partial charge in [-0.05, 0) is 113 Å². The zero-order valence-corrected chi connectivity index (χ0v) is 31.4. The molecular formula is C39H52N8O6. The maximum atomic E-state index is 13.4. The summed E-state index contributed by atoms with van der Waals surface area (Å²) in [6, 6.07) is 8.68. The van der Waals surface area contributed by atoms with Gasteiger partial charge in [0, 0.05) is 64.9 Å². The number of hydrogen-bond acceptors (Lipinski definition) is 9. The number of imidazole rings is 1. The number of imide groups is 1. The number of rotatable bonds is 11. The molecule has 1 aromatic heterocycles. The lowest BCUT2D eigenvalue weighted by Crippen LogP contribution is -2.44. The Labute approximate surface area is 309 Å². The van der Waals surface area contributed by atoms with Crippen molar-refractivity contribution in [1.29, 1.82) is 0 Å². The van der Waals surface area contributed by atoms with E-state index in [1.54, 1.807) is 47.3 Å². The molecule has 53 heavy (non-hydrogen) atoms. The van der Waals surface area contributed by atoms with Crippen LogP contribution in [0.4, 0.5) is 11.4 Å². The summed E-state index contributed by atoms with van der Waals surface area (Å²) in [4.78, 5) is 71.0. The van der Waals surface area contributed by atoms with E-state index < -0.39 is 11.9 Å². The number of fused-ring (bicyclic) bond motifs is 2. The molecule has 0 spiro atoms. The van der Waals surface area contributed by atoms with Gasteiger partial charge >= 0.3 is 5.69 Å². The van der Waals surface area contributed by atoms with Crippen LogP contribution in [0.15, 0.2) is 35.1 Å². The number of nitrogens with zero attached hydrogens (tertiary/aromatic N) is 7. The highest BCUT2D eigenvalue weighted by molar-refractivity contribution is 6.01. The van der Waals surface area contributed by atoms with Crippen LogP contribution in [0.25, 0.3) is 11.0 Å². The van der Waals surface area contributed by atoms with Crippen LogP contribution in [0.1, 0.15) is 85.3 Å². The van der Waals surface area contributed by atoms with Crippen molar-refractivity contribution in [3.63, 3.8) is 0 Å². The smallest absolute Gasteiger partial charge is 0.329 e. The quantitative estimate of drug-likeness (QED) is 0.176. The molecule has 1 aliphatic carbocycles. The number of likely N-dealkylation sites (tertiary alicyclic amines) is 1. The van der Waals surface area contributed by atoms with Gasteiger partial charge in [-0.1, -0.05) is 12.1 Å². The SMILES string of the molecule is CN(CCC1CCN(Cc2cccc3c2n(C)c(=O)n3C2CCC(=O)NC2=O)CC1)C[C@H]1CC[C@H](N2Cc3cc([N+](=O)[O-])c(N(C)C)cc3C2=O)CC1. The Balaban J connectivity index is 0.862. The van der Waals surface area contributed by atoms with E-state index in [1.807, 2.05) is 17.0 Å². The minimum atomic E-state index is -0.686. The van der Waals surface area contributed by atoms with E-state index in [4.69, 9.17) is 0 Å². The zero-order valence-electron chi connectivity index (χ0n) is 31.4. The van der Waals surface area contributed by atoms with Gasteiger partial charge in [-0.25, -0.2) is 4.79 Å². The van der Waals surface area contributed by atoms with Gasteiger partial charge in [0.1, 0.15) is 11.7 Å². The van der Waals surface area contributed by atoms with Gasteiger partial charge in [-0.3, -0.25) is 43.8 Å². The Morgan fingerprint density at radius 2 is 1.68 bits per heavy atom. The standard InChI is InChI=1S/C39H52N8O6/c1-41(2)33-21-30-28(20-34(33)47(52)53)24-45(38(30)50)29-10-8-26(9-11-29)22-42(3)17-14-25-15-18-44(19-16-25)23-27-6-5-7-31-36(27)43(4)39(51)46(31)32-12-13-35(48)40-37(32)49/h5-7,20-21,25-26,29,32H,8-19,22-24H2,1-4H3,(H,40,48,49)/t26-,29-,32?. The first-order valence-electron chi connectivity index (χ1n) is 19.1. The number of nitro groups is 1. The molecule has 0 bridgehead atoms. The van der Waals surface area contributed by atoms with Gasteiger partial charge in [0.15, 0.2) is 0 Å². The second-order valence-electron chi connectivity index (χ2n) is 16.0. The summed E-state index contributed by atoms with van der Waals surface area (Å²) in [5.41, 5.74) is 4.28. The number of amides is 3. The van der Waals surface area contributed by atoms with Gasteiger partial charge in [0.2, 0.25) is 11.8 Å². The molecule has 3 aliphatic heterocycles. The van der Waals surface area contributed by atoms with Crippen LogP contribution in [0.2, 0.25) is 0 Å². The lowest BCUT2D eigenvalue weighted by Gasteiger charge is -2.36. The fourth-order valence-electron chi connectivity index (χ4n) is 9.28. The normalized spacial score (nSPS) is 22.8. The van der Waals surface area contributed by atoms with E-state index in [2.05, 4.69) is 28.2 Å². The second kappa shape index (κ2) is 15.1. The molecule has 14 nitrogen and oxygen atoms in total. The maximum Gasteiger partial charge on any atom is 0.329 e. The van der Waals surface area contributed by atoms with Crippen molar-refractivity contribution in [2.45, 2.75) is 83.0 Å². The third-order valence-electron chi connectivity index (χ3n) is 12.3. The first-order chi connectivity index (χ1) is 25.4. The number of anilines is 1. The van der Waals surface area contributed by atoms with E-state index in [-0.39, 0.29) is 40.6 Å². The van der Waals surface area contributed by atoms with Gasteiger partial charge in [-0.15, -0.1) is 0 Å². The number of carbonyl (C=O) groups excluding carboxylic acids is 3. The van der Waals surface area contributed by atoms with Crippen molar-refractivity contribution in [3.05, 3.63) is 67.6 Å². The number of para-hydroxylation sites is 1. The molecule has 1 atom stereocenters. The minimum absolute atomic E-state index is 0.00356. The van der Waals surface area contributed by atoms with E-state index in [0.717, 1.165) is 93.4 Å². The summed E-state index contributed by atoms with van der Waals surface area (Å²) >= 11 is 0. The lowest BCUT2D eigenvalue weighted by molar-refractivity contribution is -0.384. The Kier molecular flexibility index (Phi) is 10.4. The fourth-order valence-corrected chi connectivity index (χ4v) is 9.28. The van der Waals surface area contributed by atoms with Crippen molar-refractivity contribution < 1.29 is 19.3 Å². The highest BCUT2D eigenvalue weighted by Crippen LogP contribution is 2.38. The molecule has 1 saturated carbocycles. The molecular weight excluding hydrogens is 676 g/mol. The molecule has 7 rings (SSSR count). The summed E-state index contributed by atoms with van der Waals surface area (Å²) < 4.78 is 3.20. The third-order valence-corrected chi connectivity index (χ3v) is 12.3. The Morgan fingerprint density at radius 1 is 0.943 bits per heavy atom. The van der Waals surface area contributed by atoms with E-state index in [9.17, 15) is 29.3 Å². The number of piperidine rings is 2. The van der Waals surface area contributed by atoms with Gasteiger partial charge in [-0.2, -0.15) is 0 Å². The van der Waals surface area contributed by atoms with Crippen LogP contribution < -0.4 is 15.9 Å². The summed E-state index contributed by atoms with van der Waals surface area (Å²) in [5, 5.41) is 14.1. The summed E-state index contributed by atoms with van der Waals surface area (Å²) in [6.45, 7) is 5.31. The second-order valence-corrected chi connectivity index (χ2v) is 16.0.